The number of furan rings is 1. The van der Waals surface area contributed by atoms with E-state index in [0.29, 0.717) is 0 Å². The Labute approximate surface area is 178 Å². The molecule has 152 valence electrons. The maximum absolute atomic E-state index is 12.6. The van der Waals surface area contributed by atoms with Gasteiger partial charge in [0.1, 0.15) is 11.3 Å². The Morgan fingerprint density at radius 1 is 0.935 bits per heavy atom. The van der Waals surface area contributed by atoms with Crippen LogP contribution in [-0.2, 0) is 0 Å². The Morgan fingerprint density at radius 2 is 1.74 bits per heavy atom. The number of hydrogen-bond donors (Lipinski definition) is 0. The molecule has 1 aliphatic heterocycles. The highest BCUT2D eigenvalue weighted by atomic mass is 16.3. The average molecular weight is 408 g/mol. The molecule has 31 heavy (non-hydrogen) atoms. The fraction of sp³-hybridized carbons (Fsp3) is 0.160. The zero-order valence-electron chi connectivity index (χ0n) is 16.9. The van der Waals surface area contributed by atoms with Gasteiger partial charge in [-0.3, -0.25) is 4.79 Å². The normalized spacial score (nSPS) is 14.0. The van der Waals surface area contributed by atoms with Crippen LogP contribution in [0.1, 0.15) is 23.2 Å². The van der Waals surface area contributed by atoms with E-state index >= 15 is 0 Å². The number of rotatable bonds is 3. The molecule has 0 N–H and O–H groups in total. The maximum Gasteiger partial charge on any atom is 0.253 e. The van der Waals surface area contributed by atoms with Crippen LogP contribution in [0.2, 0.25) is 0 Å². The van der Waals surface area contributed by atoms with Crippen molar-refractivity contribution in [2.75, 3.05) is 13.1 Å². The van der Waals surface area contributed by atoms with Crippen molar-refractivity contribution in [2.45, 2.75) is 12.8 Å². The van der Waals surface area contributed by atoms with E-state index in [1.807, 2.05) is 71.6 Å². The molecule has 3 aromatic heterocycles. The summed E-state index contributed by atoms with van der Waals surface area (Å²) < 4.78 is 7.82. The molecule has 0 atom stereocenters. The molecule has 0 spiro atoms. The fourth-order valence-corrected chi connectivity index (χ4v) is 4.19. The molecule has 1 aliphatic rings. The lowest BCUT2D eigenvalue weighted by atomic mass is 10.1. The molecule has 0 unspecified atom stereocenters. The standard InChI is InChI=1S/C25H20N4O2/c30-25(28-13-3-4-14-28)18-9-7-17(8-10-18)20-11-12-24-26-16-21(29(24)27-20)23-15-19-5-1-2-6-22(19)31-23/h1-2,5-12,15-16H,3-4,13-14H2. The summed E-state index contributed by atoms with van der Waals surface area (Å²) in [4.78, 5) is 19.0. The van der Waals surface area contributed by atoms with Crippen molar-refractivity contribution in [3.63, 3.8) is 0 Å². The number of carbonyl (C=O) groups excluding carboxylic acids is 1. The van der Waals surface area contributed by atoms with Gasteiger partial charge in [-0.15, -0.1) is 0 Å². The maximum atomic E-state index is 12.6. The quantitative estimate of drug-likeness (QED) is 0.419. The summed E-state index contributed by atoms with van der Waals surface area (Å²) in [6, 6.07) is 21.5. The minimum absolute atomic E-state index is 0.106. The minimum atomic E-state index is 0.106. The first kappa shape index (κ1) is 17.9. The van der Waals surface area contributed by atoms with Gasteiger partial charge in [0.25, 0.3) is 5.91 Å². The van der Waals surface area contributed by atoms with Gasteiger partial charge in [0, 0.05) is 29.6 Å². The number of amides is 1. The number of nitrogens with zero attached hydrogens (tertiary/aromatic N) is 4. The van der Waals surface area contributed by atoms with Crippen molar-refractivity contribution in [3.8, 4) is 22.7 Å². The number of carbonyl (C=O) groups is 1. The monoisotopic (exact) mass is 408 g/mol. The summed E-state index contributed by atoms with van der Waals surface area (Å²) in [6.07, 6.45) is 3.96. The molecule has 0 bridgehead atoms. The second kappa shape index (κ2) is 7.09. The number of hydrogen-bond acceptors (Lipinski definition) is 4. The second-order valence-electron chi connectivity index (χ2n) is 7.86. The second-order valence-corrected chi connectivity index (χ2v) is 7.86. The topological polar surface area (TPSA) is 63.6 Å². The Bertz CT molecular complexity index is 1380. The van der Waals surface area contributed by atoms with Crippen molar-refractivity contribution in [1.29, 1.82) is 0 Å². The van der Waals surface area contributed by atoms with Gasteiger partial charge in [-0.2, -0.15) is 5.10 Å². The van der Waals surface area contributed by atoms with E-state index in [-0.39, 0.29) is 5.91 Å². The fourth-order valence-electron chi connectivity index (χ4n) is 4.19. The largest absolute Gasteiger partial charge is 0.454 e. The molecule has 1 fully saturated rings. The van der Waals surface area contributed by atoms with Crippen LogP contribution >= 0.6 is 0 Å². The number of imidazole rings is 1. The molecular weight excluding hydrogens is 388 g/mol. The van der Waals surface area contributed by atoms with Crippen molar-refractivity contribution >= 4 is 22.5 Å². The summed E-state index contributed by atoms with van der Waals surface area (Å²) in [6.45, 7) is 1.70. The lowest BCUT2D eigenvalue weighted by Gasteiger charge is -2.15. The van der Waals surface area contributed by atoms with Crippen LogP contribution in [0.5, 0.6) is 0 Å². The average Bonchev–Trinajstić information content (AvgIpc) is 3.57. The van der Waals surface area contributed by atoms with Gasteiger partial charge in [0.2, 0.25) is 0 Å². The zero-order chi connectivity index (χ0) is 20.8. The van der Waals surface area contributed by atoms with Gasteiger partial charge < -0.3 is 9.32 Å². The van der Waals surface area contributed by atoms with Crippen LogP contribution in [0, 0.1) is 0 Å². The lowest BCUT2D eigenvalue weighted by molar-refractivity contribution is 0.0793. The summed E-state index contributed by atoms with van der Waals surface area (Å²) >= 11 is 0. The third kappa shape index (κ3) is 3.08. The van der Waals surface area contributed by atoms with E-state index in [2.05, 4.69) is 4.98 Å². The highest BCUT2D eigenvalue weighted by molar-refractivity contribution is 5.94. The molecule has 6 heteroatoms. The Kier molecular flexibility index (Phi) is 4.09. The van der Waals surface area contributed by atoms with Gasteiger partial charge in [0.15, 0.2) is 11.4 Å². The minimum Gasteiger partial charge on any atom is -0.454 e. The van der Waals surface area contributed by atoms with Crippen LogP contribution in [0.25, 0.3) is 39.3 Å². The zero-order valence-corrected chi connectivity index (χ0v) is 16.9. The first-order valence-corrected chi connectivity index (χ1v) is 10.5. The van der Waals surface area contributed by atoms with Crippen LogP contribution in [0.3, 0.4) is 0 Å². The third-order valence-corrected chi connectivity index (χ3v) is 5.86. The van der Waals surface area contributed by atoms with Crippen molar-refractivity contribution in [2.24, 2.45) is 0 Å². The predicted molar refractivity (Wildman–Crippen MR) is 119 cm³/mol. The van der Waals surface area contributed by atoms with Gasteiger partial charge in [-0.25, -0.2) is 9.50 Å². The molecule has 6 nitrogen and oxygen atoms in total. The SMILES string of the molecule is O=C(c1ccc(-c2ccc3ncc(-c4cc5ccccc5o4)n3n2)cc1)N1CCCC1. The van der Waals surface area contributed by atoms with Gasteiger partial charge in [-0.05, 0) is 49.2 Å². The van der Waals surface area contributed by atoms with Crippen LogP contribution in [0.4, 0.5) is 0 Å². The first-order chi connectivity index (χ1) is 15.3. The Morgan fingerprint density at radius 3 is 2.55 bits per heavy atom. The molecular formula is C25H20N4O2. The number of likely N-dealkylation sites (tertiary alicyclic amines) is 1. The van der Waals surface area contributed by atoms with Crippen molar-refractivity contribution in [1.82, 2.24) is 19.5 Å². The van der Waals surface area contributed by atoms with E-state index in [4.69, 9.17) is 9.52 Å². The molecule has 1 amide bonds. The number of benzene rings is 2. The van der Waals surface area contributed by atoms with E-state index in [1.54, 1.807) is 10.7 Å². The smallest absolute Gasteiger partial charge is 0.253 e. The van der Waals surface area contributed by atoms with Crippen molar-refractivity contribution < 1.29 is 9.21 Å². The molecule has 5 aromatic rings. The summed E-state index contributed by atoms with van der Waals surface area (Å²) in [5, 5.41) is 5.85. The highest BCUT2D eigenvalue weighted by Crippen LogP contribution is 2.29. The molecule has 0 radical (unpaired) electrons. The van der Waals surface area contributed by atoms with Crippen LogP contribution in [0.15, 0.2) is 77.3 Å². The summed E-state index contributed by atoms with van der Waals surface area (Å²) in [5.74, 6) is 0.833. The molecule has 0 aliphatic carbocycles. The summed E-state index contributed by atoms with van der Waals surface area (Å²) in [5.41, 5.74) is 4.86. The molecule has 0 saturated carbocycles. The predicted octanol–water partition coefficient (Wildman–Crippen LogP) is 5.05. The molecule has 1 saturated heterocycles. The van der Waals surface area contributed by atoms with E-state index in [1.165, 1.54) is 0 Å². The molecule has 2 aromatic carbocycles. The number of aromatic nitrogens is 3. The highest BCUT2D eigenvalue weighted by Gasteiger charge is 2.19. The Balaban J connectivity index is 1.36. The molecule has 6 rings (SSSR count). The Hall–Kier alpha value is -3.93. The van der Waals surface area contributed by atoms with E-state index < -0.39 is 0 Å². The van der Waals surface area contributed by atoms with Crippen LogP contribution < -0.4 is 0 Å². The van der Waals surface area contributed by atoms with E-state index in [0.717, 1.165) is 70.8 Å². The number of para-hydroxylation sites is 1. The molecule has 4 heterocycles. The lowest BCUT2D eigenvalue weighted by Crippen LogP contribution is -2.27. The number of fused-ring (bicyclic) bond motifs is 2. The van der Waals surface area contributed by atoms with Gasteiger partial charge in [0.05, 0.1) is 11.9 Å². The van der Waals surface area contributed by atoms with Gasteiger partial charge in [-0.1, -0.05) is 30.3 Å². The van der Waals surface area contributed by atoms with Gasteiger partial charge >= 0.3 is 0 Å². The van der Waals surface area contributed by atoms with Crippen LogP contribution in [-0.4, -0.2) is 38.5 Å². The third-order valence-electron chi connectivity index (χ3n) is 5.86. The summed E-state index contributed by atoms with van der Waals surface area (Å²) in [7, 11) is 0. The van der Waals surface area contributed by atoms with Crippen molar-refractivity contribution in [3.05, 3.63) is 78.5 Å². The first-order valence-electron chi connectivity index (χ1n) is 10.5. The van der Waals surface area contributed by atoms with E-state index in [9.17, 15) is 4.79 Å².